The van der Waals surface area contributed by atoms with Gasteiger partial charge in [0.05, 0.1) is 0 Å². The van der Waals surface area contributed by atoms with Gasteiger partial charge in [-0.2, -0.15) is 0 Å². The third-order valence-electron chi connectivity index (χ3n) is 3.56. The number of halogens is 2. The number of allylic oxidation sites excluding steroid dienone is 1. The Morgan fingerprint density at radius 3 is 2.79 bits per heavy atom. The van der Waals surface area contributed by atoms with E-state index in [1.165, 1.54) is 5.56 Å². The fourth-order valence-electron chi connectivity index (χ4n) is 2.58. The van der Waals surface area contributed by atoms with Gasteiger partial charge in [-0.3, -0.25) is 4.90 Å². The molecule has 0 radical (unpaired) electrons. The average molecular weight is 327 g/mol. The first-order valence-electron chi connectivity index (χ1n) is 6.73. The molecule has 1 aliphatic rings. The highest BCUT2D eigenvalue weighted by Gasteiger charge is 2.23. The molecule has 0 spiro atoms. The Balaban J connectivity index is 2.22. The predicted molar refractivity (Wildman–Crippen MR) is 80.7 cm³/mol. The van der Waals surface area contributed by atoms with Crippen LogP contribution in [0.1, 0.15) is 24.4 Å². The molecule has 0 unspecified atom stereocenters. The number of nitrogens with one attached hydrogen (secondary N) is 1. The fourth-order valence-corrected chi connectivity index (χ4v) is 3.19. The zero-order chi connectivity index (χ0) is 13.7. The van der Waals surface area contributed by atoms with Crippen molar-refractivity contribution in [2.45, 2.75) is 18.9 Å². The highest BCUT2D eigenvalue weighted by atomic mass is 79.9. The number of hydrogen-bond acceptors (Lipinski definition) is 2. The number of rotatable bonds is 5. The van der Waals surface area contributed by atoms with E-state index >= 15 is 0 Å². The van der Waals surface area contributed by atoms with Crippen LogP contribution in [-0.2, 0) is 0 Å². The van der Waals surface area contributed by atoms with E-state index in [2.05, 4.69) is 32.7 Å². The summed E-state index contributed by atoms with van der Waals surface area (Å²) in [5.74, 6) is -0.196. The van der Waals surface area contributed by atoms with E-state index in [1.807, 2.05) is 12.1 Å². The molecule has 0 amide bonds. The zero-order valence-corrected chi connectivity index (χ0v) is 12.6. The third-order valence-corrected chi connectivity index (χ3v) is 4.24. The van der Waals surface area contributed by atoms with Crippen LogP contribution in [0.3, 0.4) is 0 Å². The van der Waals surface area contributed by atoms with Gasteiger partial charge in [0.1, 0.15) is 5.82 Å². The van der Waals surface area contributed by atoms with Crippen molar-refractivity contribution in [3.63, 3.8) is 0 Å². The third kappa shape index (κ3) is 3.88. The van der Waals surface area contributed by atoms with Crippen LogP contribution in [-0.4, -0.2) is 31.1 Å². The molecule has 1 aromatic rings. The van der Waals surface area contributed by atoms with E-state index in [0.29, 0.717) is 6.04 Å². The Morgan fingerprint density at radius 1 is 1.42 bits per heavy atom. The molecule has 0 aliphatic carbocycles. The molecular formula is C15H20BrFN2. The highest BCUT2D eigenvalue weighted by Crippen LogP contribution is 2.32. The van der Waals surface area contributed by atoms with Gasteiger partial charge in [-0.05, 0) is 30.5 Å². The number of nitrogens with zero attached hydrogens (tertiary/aromatic N) is 1. The van der Waals surface area contributed by atoms with Crippen molar-refractivity contribution in [2.75, 3.05) is 26.2 Å². The van der Waals surface area contributed by atoms with Gasteiger partial charge >= 0.3 is 0 Å². The molecule has 2 nitrogen and oxygen atoms in total. The van der Waals surface area contributed by atoms with Crippen LogP contribution in [0.15, 0.2) is 35.3 Å². The molecule has 1 heterocycles. The van der Waals surface area contributed by atoms with Crippen molar-refractivity contribution in [3.8, 4) is 0 Å². The maximum atomic E-state index is 13.2. The van der Waals surface area contributed by atoms with Gasteiger partial charge in [0.15, 0.2) is 0 Å². The lowest BCUT2D eigenvalue weighted by molar-refractivity contribution is 0.165. The Morgan fingerprint density at radius 2 is 2.16 bits per heavy atom. The Hall–Kier alpha value is -0.710. The summed E-state index contributed by atoms with van der Waals surface area (Å²) in [6.07, 6.45) is 3.94. The summed E-state index contributed by atoms with van der Waals surface area (Å²) < 4.78 is 14.1. The van der Waals surface area contributed by atoms with Gasteiger partial charge in [0.25, 0.3) is 0 Å². The van der Waals surface area contributed by atoms with Crippen molar-refractivity contribution in [2.24, 2.45) is 0 Å². The van der Waals surface area contributed by atoms with E-state index in [4.69, 9.17) is 0 Å². The average Bonchev–Trinajstić information content (AvgIpc) is 2.42. The summed E-state index contributed by atoms with van der Waals surface area (Å²) in [5.41, 5.74) is 1.17. The van der Waals surface area contributed by atoms with E-state index in [-0.39, 0.29) is 5.82 Å². The topological polar surface area (TPSA) is 15.3 Å². The van der Waals surface area contributed by atoms with Crippen LogP contribution in [0, 0.1) is 5.82 Å². The summed E-state index contributed by atoms with van der Waals surface area (Å²) in [5, 5.41) is 3.37. The largest absolute Gasteiger partial charge is 0.314 e. The molecule has 0 saturated carbocycles. The summed E-state index contributed by atoms with van der Waals surface area (Å²) in [7, 11) is 0. The van der Waals surface area contributed by atoms with Crippen LogP contribution < -0.4 is 5.32 Å². The van der Waals surface area contributed by atoms with E-state index in [1.54, 1.807) is 12.1 Å². The van der Waals surface area contributed by atoms with Crippen LogP contribution in [0.25, 0.3) is 0 Å². The molecule has 19 heavy (non-hydrogen) atoms. The standard InChI is InChI=1S/C15H20BrFN2/c1-2-3-4-15(19-9-7-18-8-10-19)13-6-5-12(17)11-14(13)16/h2,5-6,11,15,18H,1,3-4,7-10H2/t15-/m1/s1. The minimum Gasteiger partial charge on any atom is -0.314 e. The second-order valence-electron chi connectivity index (χ2n) is 4.83. The monoisotopic (exact) mass is 326 g/mol. The molecule has 0 aromatic heterocycles. The van der Waals surface area contributed by atoms with Crippen LogP contribution in [0.2, 0.25) is 0 Å². The molecule has 1 aliphatic heterocycles. The Labute approximate surface area is 122 Å². The van der Waals surface area contributed by atoms with Crippen LogP contribution in [0.5, 0.6) is 0 Å². The number of hydrogen-bond donors (Lipinski definition) is 1. The van der Waals surface area contributed by atoms with Crippen molar-refractivity contribution in [1.82, 2.24) is 10.2 Å². The van der Waals surface area contributed by atoms with Crippen molar-refractivity contribution >= 4 is 15.9 Å². The van der Waals surface area contributed by atoms with Crippen molar-refractivity contribution in [1.29, 1.82) is 0 Å². The molecule has 1 saturated heterocycles. The smallest absolute Gasteiger partial charge is 0.124 e. The SMILES string of the molecule is C=CCC[C@H](c1ccc(F)cc1Br)N1CCNCC1. The molecule has 1 atom stereocenters. The van der Waals surface area contributed by atoms with Crippen LogP contribution in [0.4, 0.5) is 4.39 Å². The van der Waals surface area contributed by atoms with Gasteiger partial charge < -0.3 is 5.32 Å². The predicted octanol–water partition coefficient (Wildman–Crippen LogP) is 3.50. The first kappa shape index (κ1) is 14.7. The summed E-state index contributed by atoms with van der Waals surface area (Å²) >= 11 is 3.50. The Kier molecular flexibility index (Phi) is 5.55. The first-order chi connectivity index (χ1) is 9.22. The van der Waals surface area contributed by atoms with Crippen LogP contribution >= 0.6 is 15.9 Å². The highest BCUT2D eigenvalue weighted by molar-refractivity contribution is 9.10. The normalized spacial score (nSPS) is 18.2. The second-order valence-corrected chi connectivity index (χ2v) is 5.69. The molecule has 1 aromatic carbocycles. The first-order valence-corrected chi connectivity index (χ1v) is 7.52. The molecule has 1 fully saturated rings. The van der Waals surface area contributed by atoms with Crippen molar-refractivity contribution < 1.29 is 4.39 Å². The lowest BCUT2D eigenvalue weighted by Gasteiger charge is -2.35. The molecule has 2 rings (SSSR count). The molecule has 1 N–H and O–H groups in total. The number of benzene rings is 1. The maximum absolute atomic E-state index is 13.2. The quantitative estimate of drug-likeness (QED) is 0.833. The minimum absolute atomic E-state index is 0.196. The second kappa shape index (κ2) is 7.17. The van der Waals surface area contributed by atoms with Gasteiger partial charge in [-0.15, -0.1) is 6.58 Å². The fraction of sp³-hybridized carbons (Fsp3) is 0.467. The van der Waals surface area contributed by atoms with Gasteiger partial charge in [0, 0.05) is 36.7 Å². The van der Waals surface area contributed by atoms with E-state index in [0.717, 1.165) is 43.5 Å². The zero-order valence-electron chi connectivity index (χ0n) is 11.0. The summed E-state index contributed by atoms with van der Waals surface area (Å²) in [4.78, 5) is 2.47. The number of piperazine rings is 1. The lowest BCUT2D eigenvalue weighted by atomic mass is 9.99. The summed E-state index contributed by atoms with van der Waals surface area (Å²) in [6, 6.07) is 5.33. The van der Waals surface area contributed by atoms with E-state index < -0.39 is 0 Å². The summed E-state index contributed by atoms with van der Waals surface area (Å²) in [6.45, 7) is 7.91. The molecular weight excluding hydrogens is 307 g/mol. The van der Waals surface area contributed by atoms with Crippen molar-refractivity contribution in [3.05, 3.63) is 46.7 Å². The lowest BCUT2D eigenvalue weighted by Crippen LogP contribution is -2.45. The molecule has 4 heteroatoms. The Bertz CT molecular complexity index is 430. The maximum Gasteiger partial charge on any atom is 0.124 e. The minimum atomic E-state index is -0.196. The molecule has 104 valence electrons. The molecule has 0 bridgehead atoms. The van der Waals surface area contributed by atoms with Gasteiger partial charge in [0.2, 0.25) is 0 Å². The van der Waals surface area contributed by atoms with E-state index in [9.17, 15) is 4.39 Å². The van der Waals surface area contributed by atoms with Gasteiger partial charge in [-0.25, -0.2) is 4.39 Å². The van der Waals surface area contributed by atoms with Gasteiger partial charge in [-0.1, -0.05) is 28.1 Å².